The first-order valence-corrected chi connectivity index (χ1v) is 17.4. The van der Waals surface area contributed by atoms with Crippen LogP contribution >= 0.6 is 11.6 Å². The first kappa shape index (κ1) is 55.3. The largest absolute Gasteiger partial charge is 0.553 e. The minimum atomic E-state index is -5.12. The third kappa shape index (κ3) is 19.0. The maximum Gasteiger partial charge on any atom is 0.553 e. The molecule has 1 heterocycles. The predicted octanol–water partition coefficient (Wildman–Crippen LogP) is 12.2. The van der Waals surface area contributed by atoms with Gasteiger partial charge in [0.1, 0.15) is 5.67 Å². The maximum absolute atomic E-state index is 16.6. The van der Waals surface area contributed by atoms with Crippen molar-refractivity contribution in [2.75, 3.05) is 33.7 Å². The molecular weight excluding hydrogens is 775 g/mol. The van der Waals surface area contributed by atoms with Crippen LogP contribution in [0.5, 0.6) is 0 Å². The van der Waals surface area contributed by atoms with Gasteiger partial charge in [-0.05, 0) is 117 Å². The van der Waals surface area contributed by atoms with E-state index in [0.29, 0.717) is 42.2 Å². The van der Waals surface area contributed by atoms with Gasteiger partial charge in [0.2, 0.25) is 0 Å². The van der Waals surface area contributed by atoms with Gasteiger partial charge in [-0.15, -0.1) is 13.2 Å². The molecule has 4 rings (SSSR count). The van der Waals surface area contributed by atoms with Crippen LogP contribution in [-0.2, 0) is 44.5 Å². The Hall–Kier alpha value is -1.01. The van der Waals surface area contributed by atoms with Crippen LogP contribution < -0.4 is 0 Å². The second-order valence-electron chi connectivity index (χ2n) is 15.2. The van der Waals surface area contributed by atoms with Crippen molar-refractivity contribution in [1.29, 1.82) is 0 Å². The minimum Gasteiger partial charge on any atom is -0.358 e. The molecular formula is C40H62ClCr2F5N2O2-2. The molecule has 0 N–H and O–H groups in total. The summed E-state index contributed by atoms with van der Waals surface area (Å²) >= 11 is 6.35. The molecule has 2 aliphatic rings. The second-order valence-corrected chi connectivity index (χ2v) is 15.6. The van der Waals surface area contributed by atoms with Crippen molar-refractivity contribution in [3.63, 3.8) is 0 Å². The molecule has 1 saturated heterocycles. The summed E-state index contributed by atoms with van der Waals surface area (Å²) in [6.07, 6.45) is 2.77. The molecule has 1 saturated carbocycles. The molecule has 52 heavy (non-hydrogen) atoms. The Morgan fingerprint density at radius 3 is 1.96 bits per heavy atom. The van der Waals surface area contributed by atoms with Gasteiger partial charge >= 0.3 is 6.36 Å². The average molecular weight is 837 g/mol. The zero-order chi connectivity index (χ0) is 36.3. The van der Waals surface area contributed by atoms with Crippen LogP contribution in [0.2, 0.25) is 5.02 Å². The van der Waals surface area contributed by atoms with Crippen molar-refractivity contribution >= 4 is 17.4 Å². The van der Waals surface area contributed by atoms with Crippen LogP contribution in [-0.4, -0.2) is 61.3 Å². The number of hydrogen-bond donors (Lipinski definition) is 0. The van der Waals surface area contributed by atoms with Crippen LogP contribution in [0.25, 0.3) is 0 Å². The number of likely N-dealkylation sites (tertiary alicyclic amines) is 1. The van der Waals surface area contributed by atoms with Gasteiger partial charge in [0.15, 0.2) is 5.78 Å². The summed E-state index contributed by atoms with van der Waals surface area (Å²) in [4.78, 5) is 19.0. The molecule has 12 heteroatoms. The number of rotatable bonds is 9. The summed E-state index contributed by atoms with van der Waals surface area (Å²) in [5, 5.41) is 0.644. The SMILES string of the molecule is CC(=O)C(c1cccc(C)c1C1CCCCC1)N(C)CCC(c1cccc(Cl)c1)C1(F)CCN(C)CC1.CC(C)(C)C.FOC(F)(F)F.[CH3-].[CH3-].[Cr].[Cr]. The number of carbonyl (C=O) groups is 1. The molecule has 2 atom stereocenters. The van der Waals surface area contributed by atoms with Crippen LogP contribution in [0.15, 0.2) is 42.5 Å². The Morgan fingerprint density at radius 2 is 1.50 bits per heavy atom. The van der Waals surface area contributed by atoms with Crippen molar-refractivity contribution in [3.8, 4) is 0 Å². The Labute approximate surface area is 338 Å². The monoisotopic (exact) mass is 836 g/mol. The van der Waals surface area contributed by atoms with E-state index < -0.39 is 12.0 Å². The molecule has 300 valence electrons. The fourth-order valence-electron chi connectivity index (χ4n) is 6.91. The third-order valence-electron chi connectivity index (χ3n) is 9.04. The number of piperidine rings is 1. The summed E-state index contributed by atoms with van der Waals surface area (Å²) in [6.45, 7) is 14.8. The predicted molar refractivity (Wildman–Crippen MR) is 199 cm³/mol. The number of aryl methyl sites for hydroxylation is 1. The van der Waals surface area contributed by atoms with Gasteiger partial charge < -0.3 is 19.8 Å². The van der Waals surface area contributed by atoms with Gasteiger partial charge in [-0.2, -0.15) is 0 Å². The number of halogens is 6. The third-order valence-corrected chi connectivity index (χ3v) is 9.28. The Morgan fingerprint density at radius 1 is 1.00 bits per heavy atom. The number of alkyl halides is 4. The summed E-state index contributed by atoms with van der Waals surface area (Å²) < 4.78 is 57.0. The first-order valence-electron chi connectivity index (χ1n) is 17.0. The van der Waals surface area contributed by atoms with E-state index in [0.717, 1.165) is 24.2 Å². The smallest absolute Gasteiger partial charge is 0.358 e. The standard InChI is InChI=1S/C32H44ClFN2O.C5H12.CF4O.2CH3.2Cr/c1-23-10-8-15-28(30(23)25-11-6-5-7-12-25)31(24(2)37)36(4)19-16-29(26-13-9-14-27(33)22-26)32(34)17-20-35(3)21-18-32;1-5(2,3)4;2-1(3,4)6-5;;;;/h8-10,13-15,22,25,29,31H,5-7,11-12,16-21H2,1-4H3;1-4H3;;2*1H3;;/q;;;2*-1;;. The van der Waals surface area contributed by atoms with E-state index in [2.05, 4.69) is 69.7 Å². The van der Waals surface area contributed by atoms with Gasteiger partial charge in [-0.25, -0.2) is 4.39 Å². The number of hydrogen-bond acceptors (Lipinski definition) is 4. The average Bonchev–Trinajstić information content (AvgIpc) is 2.98. The summed E-state index contributed by atoms with van der Waals surface area (Å²) in [5.41, 5.74) is 3.99. The molecule has 1 aliphatic carbocycles. The summed E-state index contributed by atoms with van der Waals surface area (Å²) in [5.74, 6) is 0.414. The number of benzene rings is 2. The van der Waals surface area contributed by atoms with Gasteiger partial charge in [-0.3, -0.25) is 9.69 Å². The molecule has 0 aromatic heterocycles. The normalized spacial score (nSPS) is 17.2. The van der Waals surface area contributed by atoms with Crippen molar-refractivity contribution in [2.45, 2.75) is 123 Å². The van der Waals surface area contributed by atoms with Gasteiger partial charge in [0.05, 0.1) is 6.04 Å². The van der Waals surface area contributed by atoms with Crippen LogP contribution in [0.3, 0.4) is 0 Å². The van der Waals surface area contributed by atoms with Crippen molar-refractivity contribution < 1.29 is 66.5 Å². The topological polar surface area (TPSA) is 32.8 Å². The van der Waals surface area contributed by atoms with E-state index in [1.807, 2.05) is 31.3 Å². The molecule has 0 radical (unpaired) electrons. The van der Waals surface area contributed by atoms with Gasteiger partial charge in [-0.1, -0.05) is 93.8 Å². The zero-order valence-corrected chi connectivity index (χ0v) is 36.2. The van der Waals surface area contributed by atoms with E-state index >= 15 is 4.39 Å². The number of carbonyl (C=O) groups excluding carboxylic acids is 1. The van der Waals surface area contributed by atoms with Crippen molar-refractivity contribution in [3.05, 3.63) is 84.6 Å². The zero-order valence-electron chi connectivity index (χ0n) is 32.8. The molecule has 4 nitrogen and oxygen atoms in total. The molecule has 0 bridgehead atoms. The summed E-state index contributed by atoms with van der Waals surface area (Å²) in [6, 6.07) is 13.8. The molecule has 0 spiro atoms. The van der Waals surface area contributed by atoms with Crippen molar-refractivity contribution in [1.82, 2.24) is 9.80 Å². The fourth-order valence-corrected chi connectivity index (χ4v) is 7.10. The molecule has 2 fully saturated rings. The Balaban J connectivity index is -0.00000140. The number of ketones is 1. The van der Waals surface area contributed by atoms with Crippen LogP contribution in [0.4, 0.5) is 22.1 Å². The molecule has 2 aromatic carbocycles. The van der Waals surface area contributed by atoms with Gasteiger partial charge in [0, 0.05) is 58.8 Å². The van der Waals surface area contributed by atoms with Gasteiger partial charge in [0.25, 0.3) is 0 Å². The quantitative estimate of drug-likeness (QED) is 0.186. The summed E-state index contributed by atoms with van der Waals surface area (Å²) in [7, 11) is 4.10. The minimum absolute atomic E-state index is 0. The molecule has 2 unspecified atom stereocenters. The number of Topliss-reactive ketones (excluding diaryl/α,β-unsaturated/α-hetero) is 1. The van der Waals surface area contributed by atoms with Crippen LogP contribution in [0, 0.1) is 27.2 Å². The molecule has 0 amide bonds. The van der Waals surface area contributed by atoms with Crippen molar-refractivity contribution in [2.24, 2.45) is 5.41 Å². The number of likely N-dealkylation sites (N-methyl/N-ethyl adjacent to an activating group) is 1. The van der Waals surface area contributed by atoms with E-state index in [-0.39, 0.29) is 67.3 Å². The first-order chi connectivity index (χ1) is 22.3. The maximum atomic E-state index is 16.6. The van der Waals surface area contributed by atoms with E-state index in [4.69, 9.17) is 11.6 Å². The fraction of sp³-hybridized carbons (Fsp3) is 0.625. The Bertz CT molecular complexity index is 1280. The molecule has 2 aromatic rings. The Kier molecular flexibility index (Phi) is 26.8. The molecule has 1 aliphatic heterocycles. The van der Waals surface area contributed by atoms with E-state index in [1.165, 1.54) is 48.2 Å². The van der Waals surface area contributed by atoms with E-state index in [1.54, 1.807) is 6.92 Å². The van der Waals surface area contributed by atoms with E-state index in [9.17, 15) is 22.5 Å². The second kappa shape index (κ2) is 25.2. The number of nitrogens with zero attached hydrogens (tertiary/aromatic N) is 2. The van der Waals surface area contributed by atoms with Crippen LogP contribution in [0.1, 0.15) is 126 Å².